The quantitative estimate of drug-likeness (QED) is 0.871. The highest BCUT2D eigenvalue weighted by Gasteiger charge is 2.23. The van der Waals surface area contributed by atoms with Gasteiger partial charge >= 0.3 is 0 Å². The second-order valence-corrected chi connectivity index (χ2v) is 6.01. The lowest BCUT2D eigenvalue weighted by Crippen LogP contribution is -2.50. The highest BCUT2D eigenvalue weighted by Crippen LogP contribution is 2.23. The average Bonchev–Trinajstić information content (AvgIpc) is 2.38. The Morgan fingerprint density at radius 2 is 1.85 bits per heavy atom. The molecule has 0 spiro atoms. The summed E-state index contributed by atoms with van der Waals surface area (Å²) in [6, 6.07) is 4.54. The number of hydrogen-bond donors (Lipinski definition) is 2. The Morgan fingerprint density at radius 1 is 1.20 bits per heavy atom. The monoisotopic (exact) mass is 282 g/mol. The van der Waals surface area contributed by atoms with Gasteiger partial charge in [-0.05, 0) is 32.0 Å². The number of aliphatic hydroxyl groups excluding tert-OH is 1. The zero-order valence-electron chi connectivity index (χ0n) is 12.1. The van der Waals surface area contributed by atoms with Crippen LogP contribution >= 0.6 is 0 Å². The summed E-state index contributed by atoms with van der Waals surface area (Å²) < 4.78 is 13.2. The molecule has 0 saturated carbocycles. The van der Waals surface area contributed by atoms with Gasteiger partial charge in [0.1, 0.15) is 5.82 Å². The number of benzene rings is 1. The van der Waals surface area contributed by atoms with Gasteiger partial charge in [0.25, 0.3) is 0 Å². The molecule has 0 atom stereocenters. The Hall–Kier alpha value is -1.17. The van der Waals surface area contributed by atoms with E-state index < -0.39 is 5.60 Å². The Labute approximate surface area is 119 Å². The lowest BCUT2D eigenvalue weighted by molar-refractivity contribution is 0.0345. The topological polar surface area (TPSA) is 46.9 Å². The van der Waals surface area contributed by atoms with E-state index in [2.05, 4.69) is 9.80 Å². The van der Waals surface area contributed by atoms with Crippen molar-refractivity contribution in [3.63, 3.8) is 0 Å². The molecular weight excluding hydrogens is 259 g/mol. The summed E-state index contributed by atoms with van der Waals surface area (Å²) in [5, 5.41) is 19.2. The second kappa shape index (κ2) is 6.08. The zero-order valence-corrected chi connectivity index (χ0v) is 12.1. The van der Waals surface area contributed by atoms with E-state index in [-0.39, 0.29) is 12.4 Å². The first-order valence-corrected chi connectivity index (χ1v) is 6.98. The summed E-state index contributed by atoms with van der Waals surface area (Å²) in [5.74, 6) is -0.321. The fraction of sp³-hybridized carbons (Fsp3) is 0.600. The minimum absolute atomic E-state index is 0.156. The van der Waals surface area contributed by atoms with Crippen LogP contribution in [0.3, 0.4) is 0 Å². The molecule has 0 bridgehead atoms. The van der Waals surface area contributed by atoms with Crippen LogP contribution in [0.15, 0.2) is 18.2 Å². The molecule has 4 nitrogen and oxygen atoms in total. The van der Waals surface area contributed by atoms with Crippen LogP contribution < -0.4 is 4.90 Å². The summed E-state index contributed by atoms with van der Waals surface area (Å²) in [6.45, 7) is 7.45. The van der Waals surface area contributed by atoms with Crippen molar-refractivity contribution in [2.45, 2.75) is 26.1 Å². The van der Waals surface area contributed by atoms with Crippen LogP contribution in [0.4, 0.5) is 10.1 Å². The van der Waals surface area contributed by atoms with Crippen molar-refractivity contribution >= 4 is 5.69 Å². The first-order valence-electron chi connectivity index (χ1n) is 6.98. The van der Waals surface area contributed by atoms with Gasteiger partial charge in [-0.25, -0.2) is 4.39 Å². The van der Waals surface area contributed by atoms with Gasteiger partial charge in [0.15, 0.2) is 0 Å². The summed E-state index contributed by atoms with van der Waals surface area (Å²) >= 11 is 0. The summed E-state index contributed by atoms with van der Waals surface area (Å²) in [4.78, 5) is 4.38. The molecule has 1 fully saturated rings. The van der Waals surface area contributed by atoms with Crippen molar-refractivity contribution < 1.29 is 14.6 Å². The highest BCUT2D eigenvalue weighted by molar-refractivity contribution is 5.54. The van der Waals surface area contributed by atoms with Crippen LogP contribution in [0, 0.1) is 5.82 Å². The maximum absolute atomic E-state index is 13.2. The summed E-state index contributed by atoms with van der Waals surface area (Å²) in [5.41, 5.74) is 0.839. The van der Waals surface area contributed by atoms with Gasteiger partial charge < -0.3 is 15.1 Å². The zero-order chi connectivity index (χ0) is 14.8. The number of anilines is 1. The first-order chi connectivity index (χ1) is 9.39. The minimum atomic E-state index is -0.686. The molecule has 0 unspecified atom stereocenters. The number of piperazine rings is 1. The fourth-order valence-corrected chi connectivity index (χ4v) is 2.68. The van der Waals surface area contributed by atoms with Crippen molar-refractivity contribution in [1.82, 2.24) is 4.90 Å². The maximum Gasteiger partial charge on any atom is 0.123 e. The normalized spacial score (nSPS) is 17.6. The van der Waals surface area contributed by atoms with E-state index in [4.69, 9.17) is 0 Å². The van der Waals surface area contributed by atoms with E-state index in [0.29, 0.717) is 12.1 Å². The molecule has 112 valence electrons. The standard InChI is InChI=1S/C15H23FN2O2/c1-15(2,20)11-17-5-7-18(8-6-17)14-4-3-13(16)9-12(14)10-19/h3-4,9,19-20H,5-8,10-11H2,1-2H3. The van der Waals surface area contributed by atoms with Crippen molar-refractivity contribution in [1.29, 1.82) is 0 Å². The van der Waals surface area contributed by atoms with Crippen molar-refractivity contribution in [2.75, 3.05) is 37.6 Å². The summed E-state index contributed by atoms with van der Waals surface area (Å²) in [6.07, 6.45) is 0. The molecule has 0 aromatic heterocycles. The van der Waals surface area contributed by atoms with Gasteiger partial charge in [0.05, 0.1) is 12.2 Å². The molecule has 1 saturated heterocycles. The molecule has 1 aromatic carbocycles. The highest BCUT2D eigenvalue weighted by atomic mass is 19.1. The third-order valence-electron chi connectivity index (χ3n) is 3.54. The van der Waals surface area contributed by atoms with Crippen LogP contribution in [0.25, 0.3) is 0 Å². The van der Waals surface area contributed by atoms with Crippen molar-refractivity contribution in [3.05, 3.63) is 29.6 Å². The van der Waals surface area contributed by atoms with Gasteiger partial charge in [-0.1, -0.05) is 0 Å². The molecule has 2 N–H and O–H groups in total. The van der Waals surface area contributed by atoms with Crippen LogP contribution in [0.1, 0.15) is 19.4 Å². The van der Waals surface area contributed by atoms with Gasteiger partial charge in [0.2, 0.25) is 0 Å². The number of aliphatic hydroxyl groups is 2. The molecule has 1 heterocycles. The van der Waals surface area contributed by atoms with Crippen molar-refractivity contribution in [2.24, 2.45) is 0 Å². The molecule has 20 heavy (non-hydrogen) atoms. The van der Waals surface area contributed by atoms with E-state index >= 15 is 0 Å². The Bertz CT molecular complexity index is 452. The molecular formula is C15H23FN2O2. The smallest absolute Gasteiger partial charge is 0.123 e. The second-order valence-electron chi connectivity index (χ2n) is 6.01. The van der Waals surface area contributed by atoms with Gasteiger partial charge in [0, 0.05) is 44.0 Å². The molecule has 0 aliphatic carbocycles. The van der Waals surface area contributed by atoms with Crippen LogP contribution in [-0.4, -0.2) is 53.4 Å². The molecule has 0 amide bonds. The van der Waals surface area contributed by atoms with Crippen LogP contribution in [-0.2, 0) is 6.61 Å². The molecule has 1 aliphatic heterocycles. The third-order valence-corrected chi connectivity index (χ3v) is 3.54. The van der Waals surface area contributed by atoms with Gasteiger partial charge in [-0.15, -0.1) is 0 Å². The number of rotatable bonds is 4. The predicted molar refractivity (Wildman–Crippen MR) is 77.3 cm³/mol. The number of nitrogens with zero attached hydrogens (tertiary/aromatic N) is 2. The van der Waals surface area contributed by atoms with Crippen LogP contribution in [0.2, 0.25) is 0 Å². The van der Waals surface area contributed by atoms with E-state index in [0.717, 1.165) is 31.9 Å². The number of hydrogen-bond acceptors (Lipinski definition) is 4. The van der Waals surface area contributed by atoms with E-state index in [1.54, 1.807) is 6.07 Å². The first kappa shape index (κ1) is 15.2. The van der Waals surface area contributed by atoms with E-state index in [9.17, 15) is 14.6 Å². The van der Waals surface area contributed by atoms with E-state index in [1.165, 1.54) is 12.1 Å². The molecule has 5 heteroatoms. The molecule has 2 rings (SSSR count). The molecule has 1 aliphatic rings. The Kier molecular flexibility index (Phi) is 4.62. The number of β-amino-alcohol motifs (C(OH)–C–C–N with tert-alkyl or cyclic N) is 1. The lowest BCUT2D eigenvalue weighted by atomic mass is 10.1. The predicted octanol–water partition coefficient (Wildman–Crippen LogP) is 1.21. The molecule has 1 aromatic rings. The van der Waals surface area contributed by atoms with E-state index in [1.807, 2.05) is 13.8 Å². The fourth-order valence-electron chi connectivity index (χ4n) is 2.68. The number of halogens is 1. The lowest BCUT2D eigenvalue weighted by Gasteiger charge is -2.39. The van der Waals surface area contributed by atoms with Gasteiger partial charge in [-0.3, -0.25) is 4.90 Å². The Balaban J connectivity index is 2.00. The minimum Gasteiger partial charge on any atom is -0.392 e. The summed E-state index contributed by atoms with van der Waals surface area (Å²) in [7, 11) is 0. The van der Waals surface area contributed by atoms with Gasteiger partial charge in [-0.2, -0.15) is 0 Å². The third kappa shape index (κ3) is 3.91. The van der Waals surface area contributed by atoms with Crippen LogP contribution in [0.5, 0.6) is 0 Å². The molecule has 0 radical (unpaired) electrons. The maximum atomic E-state index is 13.2. The average molecular weight is 282 g/mol. The SMILES string of the molecule is CC(C)(O)CN1CCN(c2ccc(F)cc2CO)CC1. The largest absolute Gasteiger partial charge is 0.392 e. The Morgan fingerprint density at radius 3 is 2.40 bits per heavy atom. The van der Waals surface area contributed by atoms with Crippen molar-refractivity contribution in [3.8, 4) is 0 Å².